The second-order valence-electron chi connectivity index (χ2n) is 6.01. The number of rotatable bonds is 3. The van der Waals surface area contributed by atoms with Gasteiger partial charge in [-0.1, -0.05) is 30.3 Å². The first-order chi connectivity index (χ1) is 10.5. The summed E-state index contributed by atoms with van der Waals surface area (Å²) in [6.07, 6.45) is 0. The Bertz CT molecular complexity index is 736. The van der Waals surface area contributed by atoms with Crippen LogP contribution >= 0.6 is 0 Å². The molecule has 0 radical (unpaired) electrons. The molecule has 22 heavy (non-hydrogen) atoms. The molecular formula is C18H18N2O2. The second kappa shape index (κ2) is 5.30. The van der Waals surface area contributed by atoms with E-state index in [0.717, 1.165) is 16.8 Å². The fourth-order valence-electron chi connectivity index (χ4n) is 2.60. The number of nitrogens with one attached hydrogen (secondary N) is 2. The van der Waals surface area contributed by atoms with Gasteiger partial charge in [0, 0.05) is 17.8 Å². The van der Waals surface area contributed by atoms with Gasteiger partial charge in [-0.05, 0) is 43.2 Å². The Morgan fingerprint density at radius 1 is 1.14 bits per heavy atom. The van der Waals surface area contributed by atoms with Crippen molar-refractivity contribution in [3.63, 3.8) is 0 Å². The molecule has 3 rings (SSSR count). The molecule has 2 aromatic rings. The first-order valence-electron chi connectivity index (χ1n) is 7.26. The van der Waals surface area contributed by atoms with E-state index >= 15 is 0 Å². The van der Waals surface area contributed by atoms with Crippen LogP contribution in [0, 0.1) is 0 Å². The predicted molar refractivity (Wildman–Crippen MR) is 85.7 cm³/mol. The van der Waals surface area contributed by atoms with Gasteiger partial charge in [-0.15, -0.1) is 0 Å². The molecule has 0 saturated carbocycles. The molecule has 0 spiro atoms. The smallest absolute Gasteiger partial charge is 0.251 e. The van der Waals surface area contributed by atoms with Crippen molar-refractivity contribution in [1.82, 2.24) is 5.32 Å². The van der Waals surface area contributed by atoms with Crippen LogP contribution in [0.1, 0.15) is 35.3 Å². The van der Waals surface area contributed by atoms with Gasteiger partial charge in [0.2, 0.25) is 5.91 Å². The average Bonchev–Trinajstić information content (AvgIpc) is 2.75. The van der Waals surface area contributed by atoms with Crippen molar-refractivity contribution in [3.05, 3.63) is 65.2 Å². The van der Waals surface area contributed by atoms with Crippen LogP contribution in [0.25, 0.3) is 0 Å². The lowest BCUT2D eigenvalue weighted by Gasteiger charge is -2.16. The van der Waals surface area contributed by atoms with Gasteiger partial charge in [-0.2, -0.15) is 0 Å². The van der Waals surface area contributed by atoms with Crippen LogP contribution in [-0.4, -0.2) is 11.8 Å². The lowest BCUT2D eigenvalue weighted by Crippen LogP contribution is -2.27. The molecule has 2 N–H and O–H groups in total. The van der Waals surface area contributed by atoms with Crippen LogP contribution in [0.2, 0.25) is 0 Å². The van der Waals surface area contributed by atoms with Crippen LogP contribution in [0.5, 0.6) is 0 Å². The highest BCUT2D eigenvalue weighted by molar-refractivity contribution is 6.05. The van der Waals surface area contributed by atoms with Gasteiger partial charge in [0.05, 0.1) is 5.41 Å². The summed E-state index contributed by atoms with van der Waals surface area (Å²) in [4.78, 5) is 24.0. The third kappa shape index (κ3) is 2.48. The topological polar surface area (TPSA) is 58.2 Å². The van der Waals surface area contributed by atoms with Crippen LogP contribution < -0.4 is 10.6 Å². The molecule has 0 bridgehead atoms. The maximum absolute atomic E-state index is 12.1. The largest absolute Gasteiger partial charge is 0.348 e. The van der Waals surface area contributed by atoms with Crippen LogP contribution in [0.15, 0.2) is 48.5 Å². The summed E-state index contributed by atoms with van der Waals surface area (Å²) in [5, 5.41) is 5.78. The number of fused-ring (bicyclic) bond motifs is 1. The van der Waals surface area contributed by atoms with E-state index in [9.17, 15) is 9.59 Å². The van der Waals surface area contributed by atoms with Crippen molar-refractivity contribution in [2.75, 3.05) is 5.32 Å². The van der Waals surface area contributed by atoms with Crippen molar-refractivity contribution in [1.29, 1.82) is 0 Å². The minimum absolute atomic E-state index is 0.00738. The van der Waals surface area contributed by atoms with Gasteiger partial charge in [0.25, 0.3) is 5.91 Å². The first-order valence-corrected chi connectivity index (χ1v) is 7.26. The van der Waals surface area contributed by atoms with Gasteiger partial charge in [0.15, 0.2) is 0 Å². The lowest BCUT2D eigenvalue weighted by atomic mass is 9.85. The van der Waals surface area contributed by atoms with Crippen LogP contribution in [-0.2, 0) is 16.8 Å². The summed E-state index contributed by atoms with van der Waals surface area (Å²) >= 11 is 0. The molecule has 112 valence electrons. The number of carbonyl (C=O) groups excluding carboxylic acids is 2. The lowest BCUT2D eigenvalue weighted by molar-refractivity contribution is -0.119. The summed E-state index contributed by atoms with van der Waals surface area (Å²) in [6, 6.07) is 14.9. The first kappa shape index (κ1) is 14.3. The van der Waals surface area contributed by atoms with E-state index in [4.69, 9.17) is 0 Å². The average molecular weight is 294 g/mol. The second-order valence-corrected chi connectivity index (χ2v) is 6.01. The summed E-state index contributed by atoms with van der Waals surface area (Å²) in [5.74, 6) is -0.0949. The van der Waals surface area contributed by atoms with Crippen LogP contribution in [0.4, 0.5) is 5.69 Å². The number of hydrogen-bond donors (Lipinski definition) is 2. The number of amides is 2. The Hall–Kier alpha value is -2.62. The molecule has 0 atom stereocenters. The van der Waals surface area contributed by atoms with Crippen molar-refractivity contribution >= 4 is 17.5 Å². The van der Waals surface area contributed by atoms with Crippen molar-refractivity contribution in [3.8, 4) is 0 Å². The molecule has 1 aliphatic rings. The van der Waals surface area contributed by atoms with Crippen molar-refractivity contribution in [2.45, 2.75) is 25.8 Å². The Morgan fingerprint density at radius 2 is 1.86 bits per heavy atom. The highest BCUT2D eigenvalue weighted by atomic mass is 16.2. The van der Waals surface area contributed by atoms with E-state index in [-0.39, 0.29) is 11.8 Å². The molecule has 4 heteroatoms. The monoisotopic (exact) mass is 294 g/mol. The van der Waals surface area contributed by atoms with Gasteiger partial charge in [0.1, 0.15) is 0 Å². The Morgan fingerprint density at radius 3 is 2.59 bits per heavy atom. The molecule has 4 nitrogen and oxygen atoms in total. The highest BCUT2D eigenvalue weighted by Gasteiger charge is 2.38. The normalized spacial score (nSPS) is 15.1. The van der Waals surface area contributed by atoms with Gasteiger partial charge < -0.3 is 10.6 Å². The zero-order valence-electron chi connectivity index (χ0n) is 12.6. The molecule has 1 heterocycles. The summed E-state index contributed by atoms with van der Waals surface area (Å²) < 4.78 is 0. The Kier molecular flexibility index (Phi) is 3.45. The number of hydrogen-bond acceptors (Lipinski definition) is 2. The zero-order valence-corrected chi connectivity index (χ0v) is 12.6. The van der Waals surface area contributed by atoms with E-state index in [2.05, 4.69) is 10.6 Å². The third-order valence-electron chi connectivity index (χ3n) is 4.06. The van der Waals surface area contributed by atoms with E-state index < -0.39 is 5.41 Å². The maximum Gasteiger partial charge on any atom is 0.251 e. The SMILES string of the molecule is CC1(C)C(=O)Nc2ccc(CNC(=O)c3ccccc3)cc21. The molecule has 0 fully saturated rings. The Balaban J connectivity index is 1.74. The number of anilines is 1. The van der Waals surface area contributed by atoms with Crippen molar-refractivity contribution < 1.29 is 9.59 Å². The Labute approximate surface area is 129 Å². The maximum atomic E-state index is 12.1. The van der Waals surface area contributed by atoms with Gasteiger partial charge in [-0.25, -0.2) is 0 Å². The van der Waals surface area contributed by atoms with E-state index in [1.165, 1.54) is 0 Å². The highest BCUT2D eigenvalue weighted by Crippen LogP contribution is 2.37. The minimum atomic E-state index is -0.533. The summed E-state index contributed by atoms with van der Waals surface area (Å²) in [7, 11) is 0. The third-order valence-corrected chi connectivity index (χ3v) is 4.06. The molecule has 0 saturated heterocycles. The predicted octanol–water partition coefficient (Wildman–Crippen LogP) is 2.85. The molecule has 2 aromatic carbocycles. The zero-order chi connectivity index (χ0) is 15.7. The molecule has 1 aliphatic heterocycles. The van der Waals surface area contributed by atoms with Gasteiger partial charge >= 0.3 is 0 Å². The fraction of sp³-hybridized carbons (Fsp3) is 0.222. The number of benzene rings is 2. The standard InChI is InChI=1S/C18H18N2O2/c1-18(2)14-10-12(8-9-15(14)20-17(18)22)11-19-16(21)13-6-4-3-5-7-13/h3-10H,11H2,1-2H3,(H,19,21)(H,20,22). The molecule has 0 unspecified atom stereocenters. The molecule has 0 aliphatic carbocycles. The van der Waals surface area contributed by atoms with E-state index in [0.29, 0.717) is 12.1 Å². The van der Waals surface area contributed by atoms with Crippen LogP contribution in [0.3, 0.4) is 0 Å². The minimum Gasteiger partial charge on any atom is -0.348 e. The van der Waals surface area contributed by atoms with Crippen molar-refractivity contribution in [2.24, 2.45) is 0 Å². The number of carbonyl (C=O) groups is 2. The molecule has 2 amide bonds. The summed E-state index contributed by atoms with van der Waals surface area (Å²) in [5.41, 5.74) is 2.92. The van der Waals surface area contributed by atoms with E-state index in [1.807, 2.05) is 50.2 Å². The molecule has 0 aromatic heterocycles. The summed E-state index contributed by atoms with van der Waals surface area (Å²) in [6.45, 7) is 4.24. The van der Waals surface area contributed by atoms with Gasteiger partial charge in [-0.3, -0.25) is 9.59 Å². The molecular weight excluding hydrogens is 276 g/mol. The fourth-order valence-corrected chi connectivity index (χ4v) is 2.60. The van der Waals surface area contributed by atoms with E-state index in [1.54, 1.807) is 12.1 Å². The quantitative estimate of drug-likeness (QED) is 0.914.